The second-order valence-corrected chi connectivity index (χ2v) is 9.95. The summed E-state index contributed by atoms with van der Waals surface area (Å²) >= 11 is 12.6. The molecule has 0 bridgehead atoms. The summed E-state index contributed by atoms with van der Waals surface area (Å²) in [5, 5.41) is 4.18. The van der Waals surface area contributed by atoms with Gasteiger partial charge in [0.25, 0.3) is 0 Å². The highest BCUT2D eigenvalue weighted by atomic mass is 35.5. The number of hydrogen-bond acceptors (Lipinski definition) is 3. The van der Waals surface area contributed by atoms with Gasteiger partial charge < -0.3 is 14.8 Å². The molecule has 2 aromatic carbocycles. The second-order valence-electron chi connectivity index (χ2n) is 9.13. The molecule has 1 saturated heterocycles. The molecule has 1 aliphatic carbocycles. The molecule has 1 aromatic heterocycles. The van der Waals surface area contributed by atoms with Crippen LogP contribution in [0.4, 0.5) is 10.3 Å². The number of rotatable bonds is 5. The van der Waals surface area contributed by atoms with Crippen LogP contribution in [0.2, 0.25) is 10.0 Å². The monoisotopic (exact) mass is 488 g/mol. The highest BCUT2D eigenvalue weighted by Gasteiger charge is 2.29. The largest absolute Gasteiger partial charge is 0.353 e. The van der Waals surface area contributed by atoms with Crippen LogP contribution in [0.1, 0.15) is 44.1 Å². The van der Waals surface area contributed by atoms with E-state index in [1.54, 1.807) is 18.2 Å². The lowest BCUT2D eigenvalue weighted by Crippen LogP contribution is -2.43. The molecule has 5 nitrogen and oxygen atoms in total. The molecular weight excluding hydrogens is 462 g/mol. The number of nitrogens with one attached hydrogen (secondary N) is 1. The number of carbonyl (C=O) groups excluding carboxylic acids is 1. The zero-order chi connectivity index (χ0) is 22.9. The number of fused-ring (bicyclic) bond motifs is 1. The first-order chi connectivity index (χ1) is 16.0. The first kappa shape index (κ1) is 22.5. The Hall–Kier alpha value is -2.31. The Balaban J connectivity index is 1.38. The lowest BCUT2D eigenvalue weighted by molar-refractivity contribution is -0.126. The third kappa shape index (κ3) is 4.82. The average Bonchev–Trinajstić information content (AvgIpc) is 3.44. The molecule has 2 aliphatic rings. The van der Waals surface area contributed by atoms with Crippen molar-refractivity contribution in [2.24, 2.45) is 5.92 Å². The summed E-state index contributed by atoms with van der Waals surface area (Å²) < 4.78 is 15.5. The van der Waals surface area contributed by atoms with Gasteiger partial charge in [0.15, 0.2) is 0 Å². The van der Waals surface area contributed by atoms with Gasteiger partial charge in [-0.1, -0.05) is 48.2 Å². The molecule has 3 aromatic rings. The molecule has 2 heterocycles. The molecule has 0 spiro atoms. The number of imidazole rings is 1. The molecule has 0 radical (unpaired) electrons. The van der Waals surface area contributed by atoms with Gasteiger partial charge in [0.05, 0.1) is 27.6 Å². The predicted molar refractivity (Wildman–Crippen MR) is 131 cm³/mol. The normalized spacial score (nSPS) is 17.7. The van der Waals surface area contributed by atoms with E-state index in [0.717, 1.165) is 61.3 Å². The molecule has 1 N–H and O–H groups in total. The Morgan fingerprint density at radius 1 is 1.03 bits per heavy atom. The van der Waals surface area contributed by atoms with E-state index in [-0.39, 0.29) is 17.6 Å². The summed E-state index contributed by atoms with van der Waals surface area (Å²) in [6.07, 6.45) is 6.20. The number of aromatic nitrogens is 2. The number of benzene rings is 2. The molecule has 1 amide bonds. The van der Waals surface area contributed by atoms with Gasteiger partial charge in [-0.3, -0.25) is 4.79 Å². The van der Waals surface area contributed by atoms with E-state index in [0.29, 0.717) is 22.6 Å². The lowest BCUT2D eigenvalue weighted by Gasteiger charge is -2.33. The van der Waals surface area contributed by atoms with Crippen molar-refractivity contribution in [2.75, 3.05) is 18.0 Å². The Morgan fingerprint density at radius 3 is 2.39 bits per heavy atom. The van der Waals surface area contributed by atoms with Crippen LogP contribution in [0, 0.1) is 11.7 Å². The van der Waals surface area contributed by atoms with Gasteiger partial charge in [-0.15, -0.1) is 0 Å². The van der Waals surface area contributed by atoms with Crippen LogP contribution in [0.15, 0.2) is 36.4 Å². The van der Waals surface area contributed by atoms with E-state index in [2.05, 4.69) is 14.8 Å². The van der Waals surface area contributed by atoms with E-state index in [1.165, 1.54) is 25.0 Å². The van der Waals surface area contributed by atoms with Crippen LogP contribution >= 0.6 is 23.2 Å². The van der Waals surface area contributed by atoms with Crippen LogP contribution in [0.3, 0.4) is 0 Å². The van der Waals surface area contributed by atoms with Crippen LogP contribution in [0.25, 0.3) is 11.0 Å². The summed E-state index contributed by atoms with van der Waals surface area (Å²) in [6.45, 7) is 2.03. The third-order valence-corrected chi connectivity index (χ3v) is 7.60. The molecule has 33 heavy (non-hydrogen) atoms. The van der Waals surface area contributed by atoms with Crippen molar-refractivity contribution < 1.29 is 9.18 Å². The number of carbonyl (C=O) groups is 1. The summed E-state index contributed by atoms with van der Waals surface area (Å²) in [7, 11) is 0. The van der Waals surface area contributed by atoms with Crippen LogP contribution < -0.4 is 10.2 Å². The zero-order valence-corrected chi connectivity index (χ0v) is 19.9. The smallest absolute Gasteiger partial charge is 0.223 e. The highest BCUT2D eigenvalue weighted by Crippen LogP contribution is 2.33. The molecule has 2 fully saturated rings. The number of amides is 1. The predicted octanol–water partition coefficient (Wildman–Crippen LogP) is 5.81. The molecule has 1 saturated carbocycles. The van der Waals surface area contributed by atoms with E-state index >= 15 is 0 Å². The Morgan fingerprint density at radius 2 is 1.70 bits per heavy atom. The zero-order valence-electron chi connectivity index (χ0n) is 18.4. The molecule has 0 atom stereocenters. The second kappa shape index (κ2) is 9.51. The van der Waals surface area contributed by atoms with Crippen molar-refractivity contribution >= 4 is 46.1 Å². The third-order valence-electron chi connectivity index (χ3n) is 6.87. The number of piperidine rings is 1. The summed E-state index contributed by atoms with van der Waals surface area (Å²) in [6, 6.07) is 10.5. The summed E-state index contributed by atoms with van der Waals surface area (Å²) in [4.78, 5) is 19.8. The lowest BCUT2D eigenvalue weighted by atomic mass is 9.95. The summed E-state index contributed by atoms with van der Waals surface area (Å²) in [5.74, 6) is 0.796. The maximum absolute atomic E-state index is 13.4. The quantitative estimate of drug-likeness (QED) is 0.493. The molecule has 5 rings (SSSR count). The maximum Gasteiger partial charge on any atom is 0.223 e. The Labute approximate surface area is 202 Å². The molecule has 8 heteroatoms. The van der Waals surface area contributed by atoms with Gasteiger partial charge in [0.2, 0.25) is 11.9 Å². The fourth-order valence-electron chi connectivity index (χ4n) is 5.01. The van der Waals surface area contributed by atoms with E-state index in [9.17, 15) is 9.18 Å². The van der Waals surface area contributed by atoms with Gasteiger partial charge >= 0.3 is 0 Å². The minimum atomic E-state index is -0.262. The first-order valence-electron chi connectivity index (χ1n) is 11.6. The van der Waals surface area contributed by atoms with Crippen molar-refractivity contribution in [3.05, 3.63) is 57.8 Å². The maximum atomic E-state index is 13.4. The van der Waals surface area contributed by atoms with Crippen molar-refractivity contribution in [3.63, 3.8) is 0 Å². The van der Waals surface area contributed by atoms with Crippen molar-refractivity contribution in [1.29, 1.82) is 0 Å². The molecular formula is C25H27Cl2FN4O. The van der Waals surface area contributed by atoms with Crippen molar-refractivity contribution in [3.8, 4) is 0 Å². The van der Waals surface area contributed by atoms with Crippen LogP contribution in [-0.4, -0.2) is 34.6 Å². The average molecular weight is 489 g/mol. The topological polar surface area (TPSA) is 50.2 Å². The number of hydrogen-bond donors (Lipinski definition) is 1. The molecule has 1 aliphatic heterocycles. The van der Waals surface area contributed by atoms with Gasteiger partial charge in [0, 0.05) is 25.0 Å². The standard InChI is InChI=1S/C25H27Cl2FN4O/c26-20-13-22-23(14-21(20)27)32(15-16-5-7-18(28)8-6-16)25(30-22)31-11-9-17(10-12-31)24(33)29-19-3-1-2-4-19/h5-8,13-14,17,19H,1-4,9-12,15H2,(H,29,33). The Kier molecular flexibility index (Phi) is 6.48. The van der Waals surface area contributed by atoms with Gasteiger partial charge in [-0.05, 0) is 55.5 Å². The molecule has 174 valence electrons. The van der Waals surface area contributed by atoms with E-state index in [1.807, 2.05) is 6.07 Å². The van der Waals surface area contributed by atoms with E-state index < -0.39 is 0 Å². The number of halogens is 3. The fourth-order valence-corrected chi connectivity index (χ4v) is 5.32. The minimum Gasteiger partial charge on any atom is -0.353 e. The Bertz CT molecular complexity index is 1150. The number of anilines is 1. The SMILES string of the molecule is O=C(NC1CCCC1)C1CCN(c2nc3cc(Cl)c(Cl)cc3n2Cc2ccc(F)cc2)CC1. The number of nitrogens with zero attached hydrogens (tertiary/aromatic N) is 3. The van der Waals surface area contributed by atoms with Gasteiger partial charge in [0.1, 0.15) is 5.82 Å². The van der Waals surface area contributed by atoms with Crippen LogP contribution in [0.5, 0.6) is 0 Å². The van der Waals surface area contributed by atoms with Crippen molar-refractivity contribution in [2.45, 2.75) is 51.1 Å². The molecule has 0 unspecified atom stereocenters. The highest BCUT2D eigenvalue weighted by molar-refractivity contribution is 6.42. The van der Waals surface area contributed by atoms with Gasteiger partial charge in [-0.2, -0.15) is 0 Å². The van der Waals surface area contributed by atoms with E-state index in [4.69, 9.17) is 28.2 Å². The fraction of sp³-hybridized carbons (Fsp3) is 0.440. The van der Waals surface area contributed by atoms with Gasteiger partial charge in [-0.25, -0.2) is 9.37 Å². The first-order valence-corrected chi connectivity index (χ1v) is 12.4. The van der Waals surface area contributed by atoms with Crippen LogP contribution in [-0.2, 0) is 11.3 Å². The minimum absolute atomic E-state index is 0.0423. The van der Waals surface area contributed by atoms with Crippen molar-refractivity contribution in [1.82, 2.24) is 14.9 Å². The summed E-state index contributed by atoms with van der Waals surface area (Å²) in [5.41, 5.74) is 2.61.